The second-order valence-electron chi connectivity index (χ2n) is 3.93. The third-order valence-corrected chi connectivity index (χ3v) is 2.80. The summed E-state index contributed by atoms with van der Waals surface area (Å²) in [6.07, 6.45) is 0. The zero-order chi connectivity index (χ0) is 13.2. The fourth-order valence-corrected chi connectivity index (χ4v) is 1.91. The van der Waals surface area contributed by atoms with Gasteiger partial charge >= 0.3 is 11.9 Å². The van der Waals surface area contributed by atoms with Gasteiger partial charge < -0.3 is 9.84 Å². The van der Waals surface area contributed by atoms with Gasteiger partial charge in [0, 0.05) is 6.92 Å². The summed E-state index contributed by atoms with van der Waals surface area (Å²) >= 11 is 3.22. The Labute approximate surface area is 108 Å². The largest absolute Gasteiger partial charge is 0.478 e. The van der Waals surface area contributed by atoms with E-state index in [9.17, 15) is 9.59 Å². The molecule has 0 amide bonds. The van der Waals surface area contributed by atoms with Gasteiger partial charge in [-0.1, -0.05) is 13.8 Å². The van der Waals surface area contributed by atoms with Crippen LogP contribution in [0.2, 0.25) is 0 Å². The van der Waals surface area contributed by atoms with Crippen molar-refractivity contribution >= 4 is 27.9 Å². The summed E-state index contributed by atoms with van der Waals surface area (Å²) in [6, 6.07) is 3.28. The Morgan fingerprint density at radius 2 is 1.94 bits per heavy atom. The Bertz CT molecular complexity index is 466. The van der Waals surface area contributed by atoms with Crippen molar-refractivity contribution in [2.75, 3.05) is 0 Å². The third-order valence-electron chi connectivity index (χ3n) is 2.21. The van der Waals surface area contributed by atoms with E-state index in [-0.39, 0.29) is 17.2 Å². The highest BCUT2D eigenvalue weighted by molar-refractivity contribution is 9.10. The third kappa shape index (κ3) is 3.30. The van der Waals surface area contributed by atoms with Crippen molar-refractivity contribution in [1.29, 1.82) is 0 Å². The molecule has 4 nitrogen and oxygen atoms in total. The van der Waals surface area contributed by atoms with Crippen LogP contribution in [0, 0.1) is 0 Å². The zero-order valence-corrected chi connectivity index (χ0v) is 11.4. The molecule has 0 aromatic heterocycles. The minimum absolute atomic E-state index is 0.0155. The average Bonchev–Trinajstić information content (AvgIpc) is 2.19. The molecule has 0 bridgehead atoms. The maximum absolute atomic E-state index is 11.1. The zero-order valence-electron chi connectivity index (χ0n) is 9.78. The summed E-state index contributed by atoms with van der Waals surface area (Å²) in [6.45, 7) is 5.15. The summed E-state index contributed by atoms with van der Waals surface area (Å²) in [5, 5.41) is 9.10. The van der Waals surface area contributed by atoms with Crippen LogP contribution in [-0.4, -0.2) is 17.0 Å². The Hall–Kier alpha value is -1.36. The molecule has 1 aromatic rings. The summed E-state index contributed by atoms with van der Waals surface area (Å²) in [5.74, 6) is -1.43. The fourth-order valence-electron chi connectivity index (χ4n) is 1.35. The number of hydrogen-bond acceptors (Lipinski definition) is 3. The Morgan fingerprint density at radius 3 is 2.35 bits per heavy atom. The van der Waals surface area contributed by atoms with Gasteiger partial charge in [-0.15, -0.1) is 0 Å². The normalized spacial score (nSPS) is 10.4. The Morgan fingerprint density at radius 1 is 1.35 bits per heavy atom. The van der Waals surface area contributed by atoms with Crippen molar-refractivity contribution in [3.63, 3.8) is 0 Å². The van der Waals surface area contributed by atoms with Crippen LogP contribution in [0.4, 0.5) is 0 Å². The molecular weight excluding hydrogens is 288 g/mol. The predicted octanol–water partition coefficient (Wildman–Crippen LogP) is 3.20. The van der Waals surface area contributed by atoms with Gasteiger partial charge in [0.05, 0.1) is 4.47 Å². The molecule has 0 atom stereocenters. The van der Waals surface area contributed by atoms with Crippen LogP contribution in [0.1, 0.15) is 42.6 Å². The summed E-state index contributed by atoms with van der Waals surface area (Å²) in [5.41, 5.74) is 0.850. The number of carboxylic acid groups (broad SMARTS) is 1. The lowest BCUT2D eigenvalue weighted by molar-refractivity contribution is -0.131. The number of halogens is 1. The summed E-state index contributed by atoms with van der Waals surface area (Å²) in [7, 11) is 0. The van der Waals surface area contributed by atoms with Crippen LogP contribution in [-0.2, 0) is 4.79 Å². The highest BCUT2D eigenvalue weighted by Gasteiger charge is 2.18. The molecule has 0 fully saturated rings. The van der Waals surface area contributed by atoms with Gasteiger partial charge in [-0.3, -0.25) is 4.79 Å². The first-order valence-corrected chi connectivity index (χ1v) is 5.87. The lowest BCUT2D eigenvalue weighted by Gasteiger charge is -2.12. The van der Waals surface area contributed by atoms with Crippen LogP contribution in [0.3, 0.4) is 0 Å². The summed E-state index contributed by atoms with van der Waals surface area (Å²) in [4.78, 5) is 22.0. The number of benzene rings is 1. The van der Waals surface area contributed by atoms with E-state index in [1.807, 2.05) is 13.8 Å². The molecule has 0 spiro atoms. The maximum atomic E-state index is 11.1. The highest BCUT2D eigenvalue weighted by atomic mass is 79.9. The SMILES string of the molecule is CC(=O)Oc1c(Br)cc(C(C)C)cc1C(=O)O. The van der Waals surface area contributed by atoms with Gasteiger partial charge in [0.15, 0.2) is 5.75 Å². The molecule has 0 aliphatic heterocycles. The Balaban J connectivity index is 3.38. The van der Waals surface area contributed by atoms with E-state index in [4.69, 9.17) is 9.84 Å². The molecule has 5 heteroatoms. The van der Waals surface area contributed by atoms with Crippen LogP contribution in [0.15, 0.2) is 16.6 Å². The van der Waals surface area contributed by atoms with Gasteiger partial charge in [-0.25, -0.2) is 4.79 Å². The van der Waals surface area contributed by atoms with E-state index < -0.39 is 11.9 Å². The van der Waals surface area contributed by atoms with Crippen molar-refractivity contribution < 1.29 is 19.4 Å². The number of carboxylic acids is 1. The molecule has 92 valence electrons. The first-order chi connectivity index (χ1) is 7.82. The minimum Gasteiger partial charge on any atom is -0.478 e. The molecule has 0 heterocycles. The lowest BCUT2D eigenvalue weighted by Crippen LogP contribution is -2.09. The van der Waals surface area contributed by atoms with Gasteiger partial charge in [0.25, 0.3) is 0 Å². The first-order valence-electron chi connectivity index (χ1n) is 5.08. The molecule has 0 aliphatic carbocycles. The van der Waals surface area contributed by atoms with Gasteiger partial charge in [0.2, 0.25) is 0 Å². The van der Waals surface area contributed by atoms with E-state index in [2.05, 4.69) is 15.9 Å². The van der Waals surface area contributed by atoms with Crippen molar-refractivity contribution in [1.82, 2.24) is 0 Å². The number of aromatic carboxylic acids is 1. The lowest BCUT2D eigenvalue weighted by atomic mass is 10.0. The topological polar surface area (TPSA) is 63.6 Å². The first kappa shape index (κ1) is 13.7. The second-order valence-corrected chi connectivity index (χ2v) is 4.79. The molecule has 1 rings (SSSR count). The maximum Gasteiger partial charge on any atom is 0.339 e. The number of rotatable bonds is 3. The number of hydrogen-bond donors (Lipinski definition) is 1. The van der Waals surface area contributed by atoms with E-state index >= 15 is 0 Å². The molecular formula is C12H13BrO4. The number of carbonyl (C=O) groups excluding carboxylic acids is 1. The monoisotopic (exact) mass is 300 g/mol. The van der Waals surface area contributed by atoms with Gasteiger partial charge in [-0.2, -0.15) is 0 Å². The van der Waals surface area contributed by atoms with E-state index in [1.54, 1.807) is 6.07 Å². The highest BCUT2D eigenvalue weighted by Crippen LogP contribution is 2.33. The van der Waals surface area contributed by atoms with Crippen LogP contribution < -0.4 is 4.74 Å². The van der Waals surface area contributed by atoms with Gasteiger partial charge in [-0.05, 0) is 39.5 Å². The second kappa shape index (κ2) is 5.31. The molecule has 1 N–H and O–H groups in total. The molecule has 17 heavy (non-hydrogen) atoms. The van der Waals surface area contributed by atoms with Crippen molar-refractivity contribution in [3.05, 3.63) is 27.7 Å². The molecule has 0 aliphatic rings. The molecule has 1 aromatic carbocycles. The van der Waals surface area contributed by atoms with Crippen LogP contribution >= 0.6 is 15.9 Å². The number of esters is 1. The standard InChI is InChI=1S/C12H13BrO4/c1-6(2)8-4-9(12(15)16)11(10(13)5-8)17-7(3)14/h4-6H,1-3H3,(H,15,16). The quantitative estimate of drug-likeness (QED) is 0.688. The van der Waals surface area contributed by atoms with E-state index in [0.29, 0.717) is 4.47 Å². The molecule has 0 saturated heterocycles. The Kier molecular flexibility index (Phi) is 4.28. The fraction of sp³-hybridized carbons (Fsp3) is 0.333. The molecule has 0 unspecified atom stereocenters. The van der Waals surface area contributed by atoms with Gasteiger partial charge in [0.1, 0.15) is 5.56 Å². The average molecular weight is 301 g/mol. The summed E-state index contributed by atoms with van der Waals surface area (Å²) < 4.78 is 5.37. The predicted molar refractivity (Wildman–Crippen MR) is 66.5 cm³/mol. The van der Waals surface area contributed by atoms with Crippen LogP contribution in [0.5, 0.6) is 5.75 Å². The molecule has 0 radical (unpaired) electrons. The smallest absolute Gasteiger partial charge is 0.339 e. The van der Waals surface area contributed by atoms with Crippen molar-refractivity contribution in [3.8, 4) is 5.75 Å². The van der Waals surface area contributed by atoms with Crippen molar-refractivity contribution in [2.24, 2.45) is 0 Å². The number of carbonyl (C=O) groups is 2. The molecule has 0 saturated carbocycles. The minimum atomic E-state index is -1.12. The van der Waals surface area contributed by atoms with Crippen molar-refractivity contribution in [2.45, 2.75) is 26.7 Å². The number of ether oxygens (including phenoxy) is 1. The van der Waals surface area contributed by atoms with Crippen LogP contribution in [0.25, 0.3) is 0 Å². The van der Waals surface area contributed by atoms with E-state index in [1.165, 1.54) is 13.0 Å². The van der Waals surface area contributed by atoms with E-state index in [0.717, 1.165) is 5.56 Å².